The molecule has 1 amide bonds. The zero-order valence-electron chi connectivity index (χ0n) is 11.0. The Morgan fingerprint density at radius 3 is 2.95 bits per heavy atom. The van der Waals surface area contributed by atoms with Gasteiger partial charge in [0.15, 0.2) is 5.82 Å². The molecule has 0 saturated heterocycles. The Balaban J connectivity index is 1.62. The fourth-order valence-electron chi connectivity index (χ4n) is 2.25. The molecule has 1 atom stereocenters. The second kappa shape index (κ2) is 5.96. The SMILES string of the molecule is O=C(CC1C=CCC1)Nc1nc(-c2ccccc2)ns1. The molecule has 0 radical (unpaired) electrons. The Morgan fingerprint density at radius 2 is 2.20 bits per heavy atom. The first-order valence-corrected chi connectivity index (χ1v) is 7.44. The Kier molecular flexibility index (Phi) is 3.87. The topological polar surface area (TPSA) is 54.9 Å². The first-order valence-electron chi connectivity index (χ1n) is 6.67. The van der Waals surface area contributed by atoms with E-state index in [-0.39, 0.29) is 5.91 Å². The number of carbonyl (C=O) groups is 1. The van der Waals surface area contributed by atoms with Crippen LogP contribution < -0.4 is 5.32 Å². The lowest BCUT2D eigenvalue weighted by Gasteiger charge is -2.05. The fraction of sp³-hybridized carbons (Fsp3) is 0.267. The number of hydrogen-bond acceptors (Lipinski definition) is 4. The predicted octanol–water partition coefficient (Wildman–Crippen LogP) is 3.50. The number of allylic oxidation sites excluding steroid dienone is 2. The van der Waals surface area contributed by atoms with Crippen LogP contribution in [0.15, 0.2) is 42.5 Å². The number of hydrogen-bond donors (Lipinski definition) is 1. The van der Waals surface area contributed by atoms with Crippen molar-refractivity contribution in [3.63, 3.8) is 0 Å². The van der Waals surface area contributed by atoms with Crippen molar-refractivity contribution in [1.29, 1.82) is 0 Å². The van der Waals surface area contributed by atoms with Crippen LogP contribution in [0.4, 0.5) is 5.13 Å². The first-order chi connectivity index (χ1) is 9.81. The van der Waals surface area contributed by atoms with Crippen LogP contribution in [0.3, 0.4) is 0 Å². The number of carbonyl (C=O) groups excluding carboxylic acids is 1. The van der Waals surface area contributed by atoms with Gasteiger partial charge in [-0.3, -0.25) is 4.79 Å². The summed E-state index contributed by atoms with van der Waals surface area (Å²) >= 11 is 1.22. The predicted molar refractivity (Wildman–Crippen MR) is 80.5 cm³/mol. The Labute approximate surface area is 121 Å². The van der Waals surface area contributed by atoms with E-state index in [1.54, 1.807) is 0 Å². The lowest BCUT2D eigenvalue weighted by atomic mass is 10.1. The highest BCUT2D eigenvalue weighted by atomic mass is 32.1. The third kappa shape index (κ3) is 3.11. The van der Waals surface area contributed by atoms with Gasteiger partial charge < -0.3 is 5.32 Å². The molecule has 3 rings (SSSR count). The third-order valence-corrected chi connectivity index (χ3v) is 3.89. The Hall–Kier alpha value is -2.01. The van der Waals surface area contributed by atoms with Crippen LogP contribution >= 0.6 is 11.5 Å². The molecule has 1 unspecified atom stereocenters. The van der Waals surface area contributed by atoms with E-state index in [0.717, 1.165) is 18.4 Å². The van der Waals surface area contributed by atoms with Crippen molar-refractivity contribution < 1.29 is 4.79 Å². The first kappa shape index (κ1) is 13.0. The van der Waals surface area contributed by atoms with Crippen LogP contribution in [-0.4, -0.2) is 15.3 Å². The van der Waals surface area contributed by atoms with E-state index in [4.69, 9.17) is 0 Å². The van der Waals surface area contributed by atoms with Crippen LogP contribution in [0, 0.1) is 5.92 Å². The maximum absolute atomic E-state index is 11.9. The van der Waals surface area contributed by atoms with Gasteiger partial charge in [-0.25, -0.2) is 0 Å². The molecule has 20 heavy (non-hydrogen) atoms. The highest BCUT2D eigenvalue weighted by Gasteiger charge is 2.15. The average molecular weight is 285 g/mol. The summed E-state index contributed by atoms with van der Waals surface area (Å²) in [4.78, 5) is 16.3. The van der Waals surface area contributed by atoms with Gasteiger partial charge in [0.1, 0.15) is 0 Å². The Morgan fingerprint density at radius 1 is 1.35 bits per heavy atom. The molecule has 5 heteroatoms. The molecule has 2 aromatic rings. The summed E-state index contributed by atoms with van der Waals surface area (Å²) in [6.45, 7) is 0. The minimum absolute atomic E-state index is 0.0114. The number of nitrogens with one attached hydrogen (secondary N) is 1. The molecular formula is C15H15N3OS. The van der Waals surface area contributed by atoms with Crippen molar-refractivity contribution in [2.75, 3.05) is 5.32 Å². The van der Waals surface area contributed by atoms with Crippen LogP contribution in [0.25, 0.3) is 11.4 Å². The highest BCUT2D eigenvalue weighted by Crippen LogP contribution is 2.23. The van der Waals surface area contributed by atoms with Gasteiger partial charge in [-0.15, -0.1) is 0 Å². The number of nitrogens with zero attached hydrogens (tertiary/aromatic N) is 2. The van der Waals surface area contributed by atoms with Gasteiger partial charge in [0.25, 0.3) is 0 Å². The minimum atomic E-state index is 0.0114. The van der Waals surface area contributed by atoms with Gasteiger partial charge in [0, 0.05) is 23.5 Å². The van der Waals surface area contributed by atoms with Gasteiger partial charge in [-0.05, 0) is 18.8 Å². The lowest BCUT2D eigenvalue weighted by molar-refractivity contribution is -0.116. The summed E-state index contributed by atoms with van der Waals surface area (Å²) in [7, 11) is 0. The van der Waals surface area contributed by atoms with Crippen LogP contribution in [-0.2, 0) is 4.79 Å². The normalized spacial score (nSPS) is 17.3. The van der Waals surface area contributed by atoms with Crippen molar-refractivity contribution in [2.45, 2.75) is 19.3 Å². The molecule has 0 spiro atoms. The van der Waals surface area contributed by atoms with E-state index >= 15 is 0 Å². The standard InChI is InChI=1S/C15H15N3OS/c19-13(10-11-6-4-5-7-11)16-15-17-14(18-20-15)12-8-2-1-3-9-12/h1-4,6,8-9,11H,5,7,10H2,(H,16,17,18,19). The summed E-state index contributed by atoms with van der Waals surface area (Å²) in [5.74, 6) is 1.04. The van der Waals surface area contributed by atoms with E-state index in [2.05, 4.69) is 26.8 Å². The van der Waals surface area contributed by atoms with Crippen LogP contribution in [0.1, 0.15) is 19.3 Å². The van der Waals surface area contributed by atoms with Gasteiger partial charge >= 0.3 is 0 Å². The van der Waals surface area contributed by atoms with Crippen LogP contribution in [0.5, 0.6) is 0 Å². The zero-order valence-corrected chi connectivity index (χ0v) is 11.8. The summed E-state index contributed by atoms with van der Waals surface area (Å²) in [5, 5.41) is 3.40. The maximum Gasteiger partial charge on any atom is 0.226 e. The fourth-order valence-corrected chi connectivity index (χ4v) is 2.86. The van der Waals surface area contributed by atoms with Gasteiger partial charge in [-0.1, -0.05) is 42.5 Å². The highest BCUT2D eigenvalue weighted by molar-refractivity contribution is 7.10. The minimum Gasteiger partial charge on any atom is -0.301 e. The largest absolute Gasteiger partial charge is 0.301 e. The second-order valence-corrected chi connectivity index (χ2v) is 5.56. The van der Waals surface area contributed by atoms with E-state index in [1.165, 1.54) is 11.5 Å². The molecule has 1 aliphatic carbocycles. The van der Waals surface area contributed by atoms with E-state index in [9.17, 15) is 4.79 Å². The molecule has 1 N–H and O–H groups in total. The van der Waals surface area contributed by atoms with Crippen molar-refractivity contribution in [3.05, 3.63) is 42.5 Å². The molecule has 4 nitrogen and oxygen atoms in total. The third-order valence-electron chi connectivity index (χ3n) is 3.26. The van der Waals surface area contributed by atoms with E-state index in [0.29, 0.717) is 23.3 Å². The van der Waals surface area contributed by atoms with Crippen molar-refractivity contribution in [3.8, 4) is 11.4 Å². The number of rotatable bonds is 4. The number of benzene rings is 1. The van der Waals surface area contributed by atoms with E-state index in [1.807, 2.05) is 30.3 Å². The zero-order chi connectivity index (χ0) is 13.8. The maximum atomic E-state index is 11.9. The van der Waals surface area contributed by atoms with Crippen molar-refractivity contribution in [1.82, 2.24) is 9.36 Å². The van der Waals surface area contributed by atoms with Gasteiger partial charge in [0.05, 0.1) is 0 Å². The summed E-state index contributed by atoms with van der Waals surface area (Å²) < 4.78 is 4.27. The van der Waals surface area contributed by atoms with Crippen molar-refractivity contribution >= 4 is 22.6 Å². The Bertz CT molecular complexity index is 621. The average Bonchev–Trinajstić information content (AvgIpc) is 3.11. The second-order valence-electron chi connectivity index (χ2n) is 4.81. The summed E-state index contributed by atoms with van der Waals surface area (Å²) in [6.07, 6.45) is 6.93. The molecule has 1 aliphatic rings. The molecule has 1 aromatic carbocycles. The molecule has 0 saturated carbocycles. The quantitative estimate of drug-likeness (QED) is 0.875. The number of anilines is 1. The number of amides is 1. The molecule has 102 valence electrons. The lowest BCUT2D eigenvalue weighted by Crippen LogP contribution is -2.14. The van der Waals surface area contributed by atoms with Gasteiger partial charge in [0.2, 0.25) is 11.0 Å². The van der Waals surface area contributed by atoms with E-state index < -0.39 is 0 Å². The molecule has 0 fully saturated rings. The van der Waals surface area contributed by atoms with Crippen LogP contribution in [0.2, 0.25) is 0 Å². The number of aromatic nitrogens is 2. The van der Waals surface area contributed by atoms with Crippen molar-refractivity contribution in [2.24, 2.45) is 5.92 Å². The summed E-state index contributed by atoms with van der Waals surface area (Å²) in [6, 6.07) is 9.75. The monoisotopic (exact) mass is 285 g/mol. The molecule has 0 bridgehead atoms. The summed E-state index contributed by atoms with van der Waals surface area (Å²) in [5.41, 5.74) is 0.961. The van der Waals surface area contributed by atoms with Gasteiger partial charge in [-0.2, -0.15) is 9.36 Å². The molecule has 0 aliphatic heterocycles. The smallest absolute Gasteiger partial charge is 0.226 e. The molecule has 1 aromatic heterocycles. The molecular weight excluding hydrogens is 270 g/mol. The molecule has 1 heterocycles.